The second-order valence-electron chi connectivity index (χ2n) is 6.09. The van der Waals surface area contributed by atoms with E-state index in [1.807, 2.05) is 31.2 Å². The van der Waals surface area contributed by atoms with Crippen molar-refractivity contribution in [3.8, 4) is 0 Å². The van der Waals surface area contributed by atoms with Crippen molar-refractivity contribution in [1.82, 2.24) is 15.5 Å². The lowest BCUT2D eigenvalue weighted by molar-refractivity contribution is -0.135. The fourth-order valence-electron chi connectivity index (χ4n) is 3.34. The van der Waals surface area contributed by atoms with Gasteiger partial charge in [-0.3, -0.25) is 14.5 Å². The number of fused-ring (bicyclic) bond motifs is 2. The van der Waals surface area contributed by atoms with Crippen LogP contribution < -0.4 is 10.6 Å². The van der Waals surface area contributed by atoms with Gasteiger partial charge in [0.05, 0.1) is 0 Å². The summed E-state index contributed by atoms with van der Waals surface area (Å²) < 4.78 is 0. The van der Waals surface area contributed by atoms with Crippen LogP contribution in [0.3, 0.4) is 0 Å². The van der Waals surface area contributed by atoms with Gasteiger partial charge < -0.3 is 10.6 Å². The Morgan fingerprint density at radius 3 is 2.91 bits per heavy atom. The summed E-state index contributed by atoms with van der Waals surface area (Å²) in [5.41, 5.74) is 0.944. The molecule has 6 heteroatoms. The third-order valence-electron chi connectivity index (χ3n) is 4.58. The number of nitrogens with zero attached hydrogens (tertiary/aromatic N) is 1. The number of unbranched alkanes of at least 4 members (excludes halogenated alkanes) is 1. The van der Waals surface area contributed by atoms with Crippen LogP contribution in [0, 0.1) is 0 Å². The van der Waals surface area contributed by atoms with Gasteiger partial charge in [0.2, 0.25) is 5.91 Å². The van der Waals surface area contributed by atoms with E-state index in [2.05, 4.69) is 10.6 Å². The molecule has 1 atom stereocenters. The number of hydrogen-bond acceptors (Lipinski definition) is 3. The third kappa shape index (κ3) is 2.58. The summed E-state index contributed by atoms with van der Waals surface area (Å²) in [5, 5.41) is 5.55. The minimum atomic E-state index is -0.989. The fraction of sp³-hybridized carbons (Fsp3) is 0.471. The van der Waals surface area contributed by atoms with Crippen LogP contribution in [0.2, 0.25) is 0 Å². The van der Waals surface area contributed by atoms with Crippen LogP contribution in [-0.2, 0) is 21.5 Å². The SMILES string of the molecule is CCCCNC(=O)CN1C(=O)N[C@]2(CCc3ccccc32)C1=O. The number of carbonyl (C=O) groups is 3. The van der Waals surface area contributed by atoms with Gasteiger partial charge in [-0.05, 0) is 30.4 Å². The zero-order chi connectivity index (χ0) is 16.4. The number of amides is 4. The van der Waals surface area contributed by atoms with Crippen LogP contribution >= 0.6 is 0 Å². The van der Waals surface area contributed by atoms with E-state index in [4.69, 9.17) is 0 Å². The zero-order valence-corrected chi connectivity index (χ0v) is 13.2. The lowest BCUT2D eigenvalue weighted by atomic mass is 9.92. The van der Waals surface area contributed by atoms with Gasteiger partial charge in [-0.25, -0.2) is 4.79 Å². The van der Waals surface area contributed by atoms with E-state index in [0.29, 0.717) is 13.0 Å². The summed E-state index contributed by atoms with van der Waals surface area (Å²) in [4.78, 5) is 38.0. The van der Waals surface area contributed by atoms with Crippen molar-refractivity contribution in [2.24, 2.45) is 0 Å². The second-order valence-corrected chi connectivity index (χ2v) is 6.09. The Morgan fingerprint density at radius 2 is 2.13 bits per heavy atom. The molecular formula is C17H21N3O3. The van der Waals surface area contributed by atoms with Crippen molar-refractivity contribution in [1.29, 1.82) is 0 Å². The van der Waals surface area contributed by atoms with Gasteiger partial charge in [0.15, 0.2) is 0 Å². The van der Waals surface area contributed by atoms with Crippen LogP contribution in [0.15, 0.2) is 24.3 Å². The quantitative estimate of drug-likeness (QED) is 0.635. The smallest absolute Gasteiger partial charge is 0.325 e. The molecule has 6 nitrogen and oxygen atoms in total. The summed E-state index contributed by atoms with van der Waals surface area (Å²) in [5.74, 6) is -0.622. The van der Waals surface area contributed by atoms with Crippen molar-refractivity contribution in [3.05, 3.63) is 35.4 Å². The van der Waals surface area contributed by atoms with E-state index < -0.39 is 11.6 Å². The molecule has 4 amide bonds. The Balaban J connectivity index is 1.75. The lowest BCUT2D eigenvalue weighted by Crippen LogP contribution is -2.44. The molecule has 0 unspecified atom stereocenters. The van der Waals surface area contributed by atoms with E-state index in [1.54, 1.807) is 0 Å². The van der Waals surface area contributed by atoms with Gasteiger partial charge in [0, 0.05) is 6.54 Å². The topological polar surface area (TPSA) is 78.5 Å². The number of aryl methyl sites for hydroxylation is 1. The van der Waals surface area contributed by atoms with Crippen molar-refractivity contribution >= 4 is 17.8 Å². The predicted molar refractivity (Wildman–Crippen MR) is 84.6 cm³/mol. The first-order valence-electron chi connectivity index (χ1n) is 8.07. The van der Waals surface area contributed by atoms with E-state index in [1.165, 1.54) is 0 Å². The van der Waals surface area contributed by atoms with Crippen LogP contribution in [0.4, 0.5) is 4.79 Å². The number of urea groups is 1. The molecular weight excluding hydrogens is 294 g/mol. The first-order valence-corrected chi connectivity index (χ1v) is 8.07. The van der Waals surface area contributed by atoms with Gasteiger partial charge in [-0.1, -0.05) is 37.6 Å². The van der Waals surface area contributed by atoms with Gasteiger partial charge in [0.25, 0.3) is 5.91 Å². The van der Waals surface area contributed by atoms with Crippen LogP contribution in [0.5, 0.6) is 0 Å². The molecule has 1 fully saturated rings. The molecule has 0 radical (unpaired) electrons. The standard InChI is InChI=1S/C17H21N3O3/c1-2-3-10-18-14(21)11-20-15(22)17(19-16(20)23)9-8-12-6-4-5-7-13(12)17/h4-7H,2-3,8-11H2,1H3,(H,18,21)(H,19,23)/t17-/m0/s1. The fourth-order valence-corrected chi connectivity index (χ4v) is 3.34. The van der Waals surface area contributed by atoms with E-state index in [-0.39, 0.29) is 18.4 Å². The summed E-state index contributed by atoms with van der Waals surface area (Å²) in [7, 11) is 0. The maximum absolute atomic E-state index is 12.8. The van der Waals surface area contributed by atoms with Crippen molar-refractivity contribution < 1.29 is 14.4 Å². The summed E-state index contributed by atoms with van der Waals surface area (Å²) in [6, 6.07) is 7.16. The molecule has 23 heavy (non-hydrogen) atoms. The molecule has 0 saturated carbocycles. The van der Waals surface area contributed by atoms with Gasteiger partial charge in [0.1, 0.15) is 12.1 Å². The monoisotopic (exact) mass is 315 g/mol. The zero-order valence-electron chi connectivity index (χ0n) is 13.2. The Morgan fingerprint density at radius 1 is 1.35 bits per heavy atom. The molecule has 0 aromatic heterocycles. The average Bonchev–Trinajstić information content (AvgIpc) is 3.02. The number of rotatable bonds is 5. The maximum Gasteiger partial charge on any atom is 0.325 e. The Labute approximate surface area is 135 Å². The minimum Gasteiger partial charge on any atom is -0.355 e. The summed E-state index contributed by atoms with van der Waals surface area (Å²) in [6.07, 6.45) is 3.15. The van der Waals surface area contributed by atoms with E-state index in [0.717, 1.165) is 35.3 Å². The molecule has 1 saturated heterocycles. The first kappa shape index (κ1) is 15.5. The number of benzene rings is 1. The lowest BCUT2D eigenvalue weighted by Gasteiger charge is -2.22. The molecule has 1 heterocycles. The molecule has 1 aliphatic carbocycles. The largest absolute Gasteiger partial charge is 0.355 e. The van der Waals surface area contributed by atoms with E-state index >= 15 is 0 Å². The van der Waals surface area contributed by atoms with Gasteiger partial charge in [-0.2, -0.15) is 0 Å². The molecule has 1 aliphatic heterocycles. The highest BCUT2D eigenvalue weighted by Crippen LogP contribution is 2.41. The molecule has 1 spiro atoms. The summed E-state index contributed by atoms with van der Waals surface area (Å²) in [6.45, 7) is 2.37. The molecule has 1 aromatic carbocycles. The average molecular weight is 315 g/mol. The van der Waals surface area contributed by atoms with Crippen LogP contribution in [-0.4, -0.2) is 35.8 Å². The van der Waals surface area contributed by atoms with Crippen molar-refractivity contribution in [2.75, 3.05) is 13.1 Å². The van der Waals surface area contributed by atoms with E-state index in [9.17, 15) is 14.4 Å². The Kier molecular flexibility index (Phi) is 4.07. The van der Waals surface area contributed by atoms with Crippen LogP contribution in [0.1, 0.15) is 37.3 Å². The van der Waals surface area contributed by atoms with Gasteiger partial charge in [-0.15, -0.1) is 0 Å². The van der Waals surface area contributed by atoms with Crippen LogP contribution in [0.25, 0.3) is 0 Å². The number of imide groups is 1. The number of carbonyl (C=O) groups excluding carboxylic acids is 3. The normalized spacial score (nSPS) is 22.4. The Bertz CT molecular complexity index is 658. The molecule has 122 valence electrons. The molecule has 2 N–H and O–H groups in total. The maximum atomic E-state index is 12.8. The molecule has 3 rings (SSSR count). The second kappa shape index (κ2) is 6.02. The molecule has 1 aromatic rings. The number of nitrogens with one attached hydrogen (secondary N) is 2. The van der Waals surface area contributed by atoms with Crippen molar-refractivity contribution in [3.63, 3.8) is 0 Å². The molecule has 0 bridgehead atoms. The predicted octanol–water partition coefficient (Wildman–Crippen LogP) is 1.30. The molecule has 2 aliphatic rings. The highest BCUT2D eigenvalue weighted by molar-refractivity contribution is 6.09. The highest BCUT2D eigenvalue weighted by Gasteiger charge is 2.55. The third-order valence-corrected chi connectivity index (χ3v) is 4.58. The Hall–Kier alpha value is -2.37. The van der Waals surface area contributed by atoms with Gasteiger partial charge >= 0.3 is 6.03 Å². The highest BCUT2D eigenvalue weighted by atomic mass is 16.2. The minimum absolute atomic E-state index is 0.224. The first-order chi connectivity index (χ1) is 11.1. The van der Waals surface area contributed by atoms with Crippen molar-refractivity contribution in [2.45, 2.75) is 38.1 Å². The summed E-state index contributed by atoms with van der Waals surface area (Å²) >= 11 is 0. The number of hydrogen-bond donors (Lipinski definition) is 2.